The second-order valence-corrected chi connectivity index (χ2v) is 13.0. The summed E-state index contributed by atoms with van der Waals surface area (Å²) in [5.41, 5.74) is 5.86. The Bertz CT molecular complexity index is 2640. The molecule has 10 rings (SSSR count). The molecule has 0 bridgehead atoms. The summed E-state index contributed by atoms with van der Waals surface area (Å²) < 4.78 is 6.44. The normalized spacial score (nSPS) is 19.1. The Kier molecular flexibility index (Phi) is 6.41. The van der Waals surface area contributed by atoms with E-state index in [9.17, 15) is 0 Å². The van der Waals surface area contributed by atoms with Crippen LogP contribution in [0.15, 0.2) is 157 Å². The number of nitrogens with zero attached hydrogens (tertiary/aromatic N) is 3. The lowest BCUT2D eigenvalue weighted by Crippen LogP contribution is -2.34. The predicted octanol–water partition coefficient (Wildman–Crippen LogP) is 8.67. The van der Waals surface area contributed by atoms with Crippen LogP contribution < -0.4 is 15.2 Å². The minimum absolute atomic E-state index is 0.0175. The minimum Gasteiger partial charge on any atom is -0.485 e. The lowest BCUT2D eigenvalue weighted by molar-refractivity contribution is 0.266. The van der Waals surface area contributed by atoms with Crippen molar-refractivity contribution in [2.45, 2.75) is 24.4 Å². The molecule has 4 nitrogen and oxygen atoms in total. The van der Waals surface area contributed by atoms with Crippen LogP contribution in [0.3, 0.4) is 0 Å². The SMILES string of the molecule is C1=CC2Oc3ccccc3C2C(C2=c3ccccc3=CC(c3nc(-c4ccccc4)nc(-c4cc5ccccc5c5ccccc45)n3)C2)=C1. The van der Waals surface area contributed by atoms with E-state index in [4.69, 9.17) is 19.7 Å². The minimum atomic E-state index is -0.0522. The monoisotopic (exact) mass is 629 g/mol. The fourth-order valence-corrected chi connectivity index (χ4v) is 7.99. The van der Waals surface area contributed by atoms with E-state index in [1.165, 1.54) is 43.3 Å². The zero-order chi connectivity index (χ0) is 32.3. The Morgan fingerprint density at radius 1 is 0.633 bits per heavy atom. The lowest BCUT2D eigenvalue weighted by atomic mass is 9.76. The quantitative estimate of drug-likeness (QED) is 0.183. The van der Waals surface area contributed by atoms with Crippen LogP contribution >= 0.6 is 0 Å². The molecule has 4 heteroatoms. The van der Waals surface area contributed by atoms with Gasteiger partial charge in [0.1, 0.15) is 17.7 Å². The number of aromatic nitrogens is 3. The highest BCUT2D eigenvalue weighted by Gasteiger charge is 2.38. The highest BCUT2D eigenvalue weighted by molar-refractivity contribution is 6.13. The Hall–Kier alpha value is -6.13. The van der Waals surface area contributed by atoms with Gasteiger partial charge < -0.3 is 4.74 Å². The molecule has 2 aliphatic carbocycles. The van der Waals surface area contributed by atoms with Gasteiger partial charge in [-0.05, 0) is 67.8 Å². The second kappa shape index (κ2) is 11.2. The van der Waals surface area contributed by atoms with Crippen molar-refractivity contribution in [2.24, 2.45) is 0 Å². The molecule has 1 aliphatic heterocycles. The van der Waals surface area contributed by atoms with Crippen molar-refractivity contribution in [1.82, 2.24) is 15.0 Å². The maximum Gasteiger partial charge on any atom is 0.164 e. The number of fused-ring (bicyclic) bond motifs is 7. The fraction of sp³-hybridized carbons (Fsp3) is 0.0889. The third-order valence-corrected chi connectivity index (χ3v) is 10.2. The number of ether oxygens (including phenoxy) is 1. The van der Waals surface area contributed by atoms with E-state index in [2.05, 4.69) is 140 Å². The molecule has 0 saturated carbocycles. The van der Waals surface area contributed by atoms with Gasteiger partial charge >= 0.3 is 0 Å². The van der Waals surface area contributed by atoms with E-state index in [0.29, 0.717) is 11.6 Å². The van der Waals surface area contributed by atoms with Crippen LogP contribution in [0.2, 0.25) is 0 Å². The summed E-state index contributed by atoms with van der Waals surface area (Å²) in [6, 6.07) is 46.8. The number of rotatable bonds is 4. The van der Waals surface area contributed by atoms with Crippen LogP contribution in [0.1, 0.15) is 29.6 Å². The van der Waals surface area contributed by atoms with Crippen molar-refractivity contribution in [1.29, 1.82) is 0 Å². The zero-order valence-corrected chi connectivity index (χ0v) is 26.7. The van der Waals surface area contributed by atoms with Gasteiger partial charge in [-0.25, -0.2) is 15.0 Å². The molecule has 7 aromatic rings. The summed E-state index contributed by atoms with van der Waals surface area (Å²) in [6.07, 6.45) is 9.74. The van der Waals surface area contributed by atoms with E-state index in [1.807, 2.05) is 18.2 Å². The first-order chi connectivity index (χ1) is 24.3. The molecular formula is C45H31N3O. The third-order valence-electron chi connectivity index (χ3n) is 10.2. The first-order valence-electron chi connectivity index (χ1n) is 17.0. The Morgan fingerprint density at radius 2 is 1.37 bits per heavy atom. The summed E-state index contributed by atoms with van der Waals surface area (Å²) in [5, 5.41) is 7.18. The second-order valence-electron chi connectivity index (χ2n) is 13.0. The Labute approximate surface area is 284 Å². The van der Waals surface area contributed by atoms with Gasteiger partial charge in [0, 0.05) is 22.6 Å². The van der Waals surface area contributed by atoms with Crippen molar-refractivity contribution in [2.75, 3.05) is 0 Å². The van der Waals surface area contributed by atoms with E-state index in [-0.39, 0.29) is 17.9 Å². The number of hydrogen-bond donors (Lipinski definition) is 0. The molecule has 0 radical (unpaired) electrons. The standard InChI is InChI=1S/C45H31N3O/c1-2-13-28(14-3-1)43-46-44(48-45(47-43)39-26-30-16-5-6-17-32(30)34-19-8-9-20-35(34)39)31-25-29-15-4-7-18-33(29)38(27-31)36-22-12-24-41-42(36)37-21-10-11-23-40(37)49-41/h1-26,31,41-42H,27H2. The van der Waals surface area contributed by atoms with Crippen molar-refractivity contribution in [3.8, 4) is 28.5 Å². The van der Waals surface area contributed by atoms with E-state index < -0.39 is 0 Å². The topological polar surface area (TPSA) is 47.9 Å². The highest BCUT2D eigenvalue weighted by Crippen LogP contribution is 2.48. The molecule has 3 atom stereocenters. The average Bonchev–Trinajstić information content (AvgIpc) is 3.56. The molecule has 0 saturated heterocycles. The molecule has 49 heavy (non-hydrogen) atoms. The number of hydrogen-bond acceptors (Lipinski definition) is 4. The molecule has 6 aromatic carbocycles. The molecule has 0 amide bonds. The van der Waals surface area contributed by atoms with Crippen molar-refractivity contribution < 1.29 is 4.74 Å². The van der Waals surface area contributed by atoms with Crippen molar-refractivity contribution >= 4 is 33.2 Å². The first kappa shape index (κ1) is 27.9. The van der Waals surface area contributed by atoms with Crippen LogP contribution in [0.25, 0.3) is 56.0 Å². The summed E-state index contributed by atoms with van der Waals surface area (Å²) in [5.74, 6) is 3.21. The van der Waals surface area contributed by atoms with Gasteiger partial charge in [0.15, 0.2) is 11.6 Å². The molecule has 0 fully saturated rings. The molecule has 3 aliphatic rings. The van der Waals surface area contributed by atoms with Gasteiger partial charge in [-0.15, -0.1) is 0 Å². The van der Waals surface area contributed by atoms with Gasteiger partial charge in [0.2, 0.25) is 0 Å². The fourth-order valence-electron chi connectivity index (χ4n) is 7.99. The zero-order valence-electron chi connectivity index (χ0n) is 26.7. The lowest BCUT2D eigenvalue weighted by Gasteiger charge is -2.28. The van der Waals surface area contributed by atoms with Gasteiger partial charge in [-0.2, -0.15) is 0 Å². The van der Waals surface area contributed by atoms with E-state index in [1.54, 1.807) is 0 Å². The summed E-state index contributed by atoms with van der Waals surface area (Å²) in [6.45, 7) is 0. The largest absolute Gasteiger partial charge is 0.485 e. The third kappa shape index (κ3) is 4.63. The smallest absolute Gasteiger partial charge is 0.164 e. The molecule has 1 aromatic heterocycles. The van der Waals surface area contributed by atoms with Crippen LogP contribution in [0.4, 0.5) is 0 Å². The predicted molar refractivity (Wildman–Crippen MR) is 197 cm³/mol. The maximum atomic E-state index is 6.44. The Morgan fingerprint density at radius 3 is 2.29 bits per heavy atom. The summed E-state index contributed by atoms with van der Waals surface area (Å²) in [7, 11) is 0. The van der Waals surface area contributed by atoms with Crippen molar-refractivity contribution in [3.05, 3.63) is 179 Å². The number of para-hydroxylation sites is 1. The molecule has 3 unspecified atom stereocenters. The van der Waals surface area contributed by atoms with Crippen LogP contribution in [0.5, 0.6) is 5.75 Å². The molecular weight excluding hydrogens is 599 g/mol. The van der Waals surface area contributed by atoms with Crippen LogP contribution in [-0.2, 0) is 0 Å². The summed E-state index contributed by atoms with van der Waals surface area (Å²) >= 11 is 0. The van der Waals surface area contributed by atoms with E-state index >= 15 is 0 Å². The van der Waals surface area contributed by atoms with Gasteiger partial charge in [0.25, 0.3) is 0 Å². The molecule has 0 N–H and O–H groups in total. The Balaban J connectivity index is 1.17. The molecule has 0 spiro atoms. The van der Waals surface area contributed by atoms with Gasteiger partial charge in [-0.3, -0.25) is 0 Å². The van der Waals surface area contributed by atoms with Crippen LogP contribution in [0, 0.1) is 0 Å². The van der Waals surface area contributed by atoms with Crippen molar-refractivity contribution in [3.63, 3.8) is 0 Å². The average molecular weight is 630 g/mol. The van der Waals surface area contributed by atoms with Gasteiger partial charge in [0.05, 0.1) is 5.92 Å². The molecule has 232 valence electrons. The molecule has 2 heterocycles. The maximum absolute atomic E-state index is 6.44. The van der Waals surface area contributed by atoms with Crippen LogP contribution in [-0.4, -0.2) is 21.1 Å². The number of allylic oxidation sites excluding steroid dienone is 2. The van der Waals surface area contributed by atoms with Gasteiger partial charge in [-0.1, -0.05) is 140 Å². The number of benzene rings is 6. The highest BCUT2D eigenvalue weighted by atomic mass is 16.5. The summed E-state index contributed by atoms with van der Waals surface area (Å²) in [4.78, 5) is 15.7. The van der Waals surface area contributed by atoms with E-state index in [0.717, 1.165) is 34.5 Å². The first-order valence-corrected chi connectivity index (χ1v) is 17.0.